The van der Waals surface area contributed by atoms with Gasteiger partial charge in [0.1, 0.15) is 0 Å². The molecule has 0 aliphatic rings. The lowest BCUT2D eigenvalue weighted by molar-refractivity contribution is -0.173. The first-order chi connectivity index (χ1) is 9.10. The van der Waals surface area contributed by atoms with Gasteiger partial charge in [0.25, 0.3) is 0 Å². The zero-order valence-corrected chi connectivity index (χ0v) is 10.9. The molecule has 1 amide bonds. The second-order valence-electron chi connectivity index (χ2n) is 3.94. The van der Waals surface area contributed by atoms with Crippen LogP contribution in [0.5, 0.6) is 0 Å². The molecule has 0 spiro atoms. The van der Waals surface area contributed by atoms with Crippen molar-refractivity contribution >= 4 is 16.1 Å². The maximum Gasteiger partial charge on any atom is 0.471 e. The van der Waals surface area contributed by atoms with Crippen LogP contribution in [0.15, 0.2) is 29.2 Å². The number of halogens is 4. The van der Waals surface area contributed by atoms with Crippen LogP contribution in [0, 0.1) is 0 Å². The standard InChI is InChI=1S/C11H11F4NO3S/c12-11(13,14)10(17)16-7-1-2-8-3-5-9(6-4-8)20(15,18)19/h3-6H,1-2,7H2,(H,16,17). The van der Waals surface area contributed by atoms with E-state index >= 15 is 0 Å². The van der Waals surface area contributed by atoms with Crippen LogP contribution in [0.3, 0.4) is 0 Å². The number of amides is 1. The van der Waals surface area contributed by atoms with Crippen LogP contribution < -0.4 is 5.32 Å². The summed E-state index contributed by atoms with van der Waals surface area (Å²) in [6, 6.07) is 4.86. The fourth-order valence-corrected chi connectivity index (χ4v) is 1.87. The Labute approximate surface area is 113 Å². The van der Waals surface area contributed by atoms with Crippen molar-refractivity contribution in [3.63, 3.8) is 0 Å². The molecule has 0 fully saturated rings. The molecule has 0 saturated carbocycles. The molecule has 9 heteroatoms. The highest BCUT2D eigenvalue weighted by Crippen LogP contribution is 2.15. The highest BCUT2D eigenvalue weighted by atomic mass is 32.3. The van der Waals surface area contributed by atoms with Crippen molar-refractivity contribution in [1.82, 2.24) is 5.32 Å². The average Bonchev–Trinajstić information content (AvgIpc) is 2.32. The molecule has 0 unspecified atom stereocenters. The minimum absolute atomic E-state index is 0.165. The van der Waals surface area contributed by atoms with Gasteiger partial charge in [-0.3, -0.25) is 4.79 Å². The molecule has 0 heterocycles. The van der Waals surface area contributed by atoms with Crippen LogP contribution in [0.2, 0.25) is 0 Å². The fourth-order valence-electron chi connectivity index (χ4n) is 1.41. The Morgan fingerprint density at radius 2 is 1.70 bits per heavy atom. The first-order valence-electron chi connectivity index (χ1n) is 5.49. The van der Waals surface area contributed by atoms with Crippen LogP contribution in [0.1, 0.15) is 12.0 Å². The van der Waals surface area contributed by atoms with E-state index in [1.165, 1.54) is 12.1 Å². The van der Waals surface area contributed by atoms with Crippen molar-refractivity contribution in [3.05, 3.63) is 29.8 Å². The van der Waals surface area contributed by atoms with E-state index in [2.05, 4.69) is 0 Å². The maximum atomic E-state index is 12.6. The molecule has 1 rings (SSSR count). The van der Waals surface area contributed by atoms with E-state index in [4.69, 9.17) is 0 Å². The van der Waals surface area contributed by atoms with Crippen molar-refractivity contribution in [2.24, 2.45) is 0 Å². The van der Waals surface area contributed by atoms with E-state index in [9.17, 15) is 30.3 Å². The monoisotopic (exact) mass is 313 g/mol. The number of aryl methyl sites for hydroxylation is 1. The maximum absolute atomic E-state index is 12.6. The predicted octanol–water partition coefficient (Wildman–Crippen LogP) is 1.96. The van der Waals surface area contributed by atoms with Crippen LogP contribution in [0.25, 0.3) is 0 Å². The molecule has 0 atom stereocenters. The Morgan fingerprint density at radius 3 is 2.15 bits per heavy atom. The van der Waals surface area contributed by atoms with E-state index in [-0.39, 0.29) is 13.0 Å². The van der Waals surface area contributed by atoms with Crippen molar-refractivity contribution in [2.45, 2.75) is 23.9 Å². The molecule has 4 nitrogen and oxygen atoms in total. The minimum atomic E-state index is -4.91. The number of alkyl halides is 3. The van der Waals surface area contributed by atoms with E-state index in [1.807, 2.05) is 0 Å². The van der Waals surface area contributed by atoms with Crippen LogP contribution in [0.4, 0.5) is 17.1 Å². The van der Waals surface area contributed by atoms with Gasteiger partial charge >= 0.3 is 22.3 Å². The van der Waals surface area contributed by atoms with Crippen LogP contribution in [-0.4, -0.2) is 27.0 Å². The summed E-state index contributed by atoms with van der Waals surface area (Å²) >= 11 is 0. The largest absolute Gasteiger partial charge is 0.471 e. The molecule has 0 aliphatic carbocycles. The van der Waals surface area contributed by atoms with E-state index in [0.29, 0.717) is 12.0 Å². The molecule has 0 aromatic heterocycles. The Bertz CT molecular complexity index is 566. The van der Waals surface area contributed by atoms with Crippen molar-refractivity contribution in [2.75, 3.05) is 6.54 Å². The quantitative estimate of drug-likeness (QED) is 0.513. The molecule has 112 valence electrons. The van der Waals surface area contributed by atoms with Gasteiger partial charge in [0, 0.05) is 6.54 Å². The normalized spacial score (nSPS) is 12.2. The summed E-state index contributed by atoms with van der Waals surface area (Å²) in [5, 5.41) is 1.71. The second-order valence-corrected chi connectivity index (χ2v) is 5.29. The van der Waals surface area contributed by atoms with Gasteiger partial charge in [-0.2, -0.15) is 21.6 Å². The van der Waals surface area contributed by atoms with E-state index < -0.39 is 27.2 Å². The number of rotatable bonds is 5. The molecule has 0 bridgehead atoms. The number of hydrogen-bond donors (Lipinski definition) is 1. The molecule has 0 aliphatic heterocycles. The minimum Gasteiger partial charge on any atom is -0.348 e. The SMILES string of the molecule is O=C(NCCCc1ccc(S(=O)(=O)F)cc1)C(F)(F)F. The first kappa shape index (κ1) is 16.4. The molecular formula is C11H11F4NO3S. The highest BCUT2D eigenvalue weighted by molar-refractivity contribution is 7.86. The predicted molar refractivity (Wildman–Crippen MR) is 62.1 cm³/mol. The molecule has 1 N–H and O–H groups in total. The second kappa shape index (κ2) is 6.21. The molecule has 1 aromatic carbocycles. The summed E-state index contributed by atoms with van der Waals surface area (Å²) in [4.78, 5) is 10.0. The highest BCUT2D eigenvalue weighted by Gasteiger charge is 2.38. The third-order valence-electron chi connectivity index (χ3n) is 2.39. The zero-order valence-electron chi connectivity index (χ0n) is 10.1. The lowest BCUT2D eigenvalue weighted by atomic mass is 10.1. The number of hydrogen-bond acceptors (Lipinski definition) is 3. The lowest BCUT2D eigenvalue weighted by Gasteiger charge is -2.07. The topological polar surface area (TPSA) is 63.2 Å². The van der Waals surface area contributed by atoms with Crippen LogP contribution in [-0.2, 0) is 21.4 Å². The number of benzene rings is 1. The lowest BCUT2D eigenvalue weighted by Crippen LogP contribution is -2.37. The van der Waals surface area contributed by atoms with Crippen molar-refractivity contribution < 1.29 is 30.3 Å². The smallest absolute Gasteiger partial charge is 0.348 e. The first-order valence-corrected chi connectivity index (χ1v) is 6.87. The van der Waals surface area contributed by atoms with E-state index in [1.54, 1.807) is 5.32 Å². The van der Waals surface area contributed by atoms with Gasteiger partial charge in [-0.05, 0) is 30.5 Å². The van der Waals surface area contributed by atoms with Gasteiger partial charge < -0.3 is 5.32 Å². The summed E-state index contributed by atoms with van der Waals surface area (Å²) in [5.41, 5.74) is 0.624. The number of carbonyl (C=O) groups is 1. The molecule has 20 heavy (non-hydrogen) atoms. The Hall–Kier alpha value is -1.64. The summed E-state index contributed by atoms with van der Waals surface area (Å²) in [7, 11) is -4.75. The third-order valence-corrected chi connectivity index (χ3v) is 3.23. The molecule has 0 saturated heterocycles. The third kappa shape index (κ3) is 5.16. The summed E-state index contributed by atoms with van der Waals surface area (Å²) in [6.07, 6.45) is -4.34. The van der Waals surface area contributed by atoms with Gasteiger partial charge in [-0.1, -0.05) is 12.1 Å². The van der Waals surface area contributed by atoms with E-state index in [0.717, 1.165) is 12.1 Å². The summed E-state index contributed by atoms with van der Waals surface area (Å²) in [5.74, 6) is -2.00. The van der Waals surface area contributed by atoms with Gasteiger partial charge in [-0.25, -0.2) is 0 Å². The van der Waals surface area contributed by atoms with Gasteiger partial charge in [0.05, 0.1) is 4.90 Å². The summed E-state index contributed by atoms with van der Waals surface area (Å²) < 4.78 is 69.2. The Kier molecular flexibility index (Phi) is 5.09. The molecule has 1 aromatic rings. The Morgan fingerprint density at radius 1 is 1.15 bits per heavy atom. The number of nitrogens with one attached hydrogen (secondary N) is 1. The molecule has 0 radical (unpaired) electrons. The Balaban J connectivity index is 2.42. The van der Waals surface area contributed by atoms with Crippen molar-refractivity contribution in [1.29, 1.82) is 0 Å². The van der Waals surface area contributed by atoms with Gasteiger partial charge in [0.15, 0.2) is 0 Å². The number of carbonyl (C=O) groups excluding carboxylic acids is 1. The molecular weight excluding hydrogens is 302 g/mol. The van der Waals surface area contributed by atoms with Gasteiger partial charge in [0.2, 0.25) is 0 Å². The fraction of sp³-hybridized carbons (Fsp3) is 0.364. The zero-order chi connectivity index (χ0) is 15.4. The van der Waals surface area contributed by atoms with Gasteiger partial charge in [-0.15, -0.1) is 3.89 Å². The van der Waals surface area contributed by atoms with Crippen molar-refractivity contribution in [3.8, 4) is 0 Å². The average molecular weight is 313 g/mol. The summed E-state index contributed by atoms with van der Waals surface area (Å²) in [6.45, 7) is -0.165. The van der Waals surface area contributed by atoms with Crippen LogP contribution >= 0.6 is 0 Å².